The Hall–Kier alpha value is -5.14. The number of rotatable bonds is 4. The van der Waals surface area contributed by atoms with E-state index in [1.165, 1.54) is 27.5 Å². The van der Waals surface area contributed by atoms with Gasteiger partial charge >= 0.3 is 17.6 Å². The number of pyridine rings is 3. The van der Waals surface area contributed by atoms with Crippen LogP contribution in [0.3, 0.4) is 0 Å². The first kappa shape index (κ1) is 25.5. The molecule has 0 unspecified atom stereocenters. The van der Waals surface area contributed by atoms with Crippen molar-refractivity contribution in [1.82, 2.24) is 24.1 Å². The van der Waals surface area contributed by atoms with E-state index in [4.69, 9.17) is 19.3 Å². The fourth-order valence-corrected chi connectivity index (χ4v) is 4.05. The molecule has 14 nitrogen and oxygen atoms in total. The van der Waals surface area contributed by atoms with Crippen LogP contribution in [0.2, 0.25) is 0 Å². The molecule has 4 aromatic heterocycles. The molecule has 2 aliphatic heterocycles. The van der Waals surface area contributed by atoms with Crippen molar-refractivity contribution in [2.75, 3.05) is 43.1 Å². The third-order valence-electron chi connectivity index (χ3n) is 5.89. The normalized spacial score (nSPS) is 13.5. The number of hydrogen-bond acceptors (Lipinski definition) is 11. The van der Waals surface area contributed by atoms with Crippen molar-refractivity contribution in [3.8, 4) is 11.5 Å². The first-order valence-corrected chi connectivity index (χ1v) is 12.1. The molecular formula is C25H25N7O7. The van der Waals surface area contributed by atoms with Crippen molar-refractivity contribution in [2.45, 2.75) is 6.92 Å². The van der Waals surface area contributed by atoms with E-state index < -0.39 is 5.97 Å². The lowest BCUT2D eigenvalue weighted by Gasteiger charge is -2.30. The maximum absolute atomic E-state index is 11.9. The Labute approximate surface area is 221 Å². The van der Waals surface area contributed by atoms with Crippen LogP contribution >= 0.6 is 0 Å². The number of carbonyl (C=O) groups excluding carboxylic acids is 1. The molecule has 2 N–H and O–H groups in total. The number of nitrogens with one attached hydrogen (secondary N) is 1. The summed E-state index contributed by atoms with van der Waals surface area (Å²) in [6.07, 6.45) is 4.44. The fourth-order valence-electron chi connectivity index (χ4n) is 4.05. The minimum absolute atomic E-state index is 0.0716. The number of carboxylic acid groups (broad SMARTS) is 1. The molecule has 39 heavy (non-hydrogen) atoms. The van der Waals surface area contributed by atoms with Crippen LogP contribution in [0.15, 0.2) is 47.7 Å². The zero-order valence-electron chi connectivity index (χ0n) is 21.2. The number of hydrogen-bond donors (Lipinski definition) is 2. The Balaban J connectivity index is 0.000000177. The first-order chi connectivity index (χ1) is 18.9. The highest BCUT2D eigenvalue weighted by atomic mass is 16.5. The van der Waals surface area contributed by atoms with Crippen LogP contribution in [0.25, 0.3) is 5.65 Å². The van der Waals surface area contributed by atoms with Crippen LogP contribution in [0.4, 0.5) is 17.3 Å². The van der Waals surface area contributed by atoms with Gasteiger partial charge in [-0.3, -0.25) is 4.40 Å². The number of aromatic carboxylic acids is 1. The highest BCUT2D eigenvalue weighted by molar-refractivity contribution is 5.90. The quantitative estimate of drug-likeness (QED) is 0.364. The molecule has 4 aromatic rings. The minimum atomic E-state index is -1.06. The smallest absolute Gasteiger partial charge is 0.350 e. The van der Waals surface area contributed by atoms with E-state index in [0.29, 0.717) is 60.7 Å². The summed E-state index contributed by atoms with van der Waals surface area (Å²) in [6.45, 7) is 4.40. The molecule has 0 aromatic carbocycles. The summed E-state index contributed by atoms with van der Waals surface area (Å²) in [5.74, 6) is 0.802. The highest BCUT2D eigenvalue weighted by Gasteiger charge is 2.23. The largest absolute Gasteiger partial charge is 0.488 e. The minimum Gasteiger partial charge on any atom is -0.488 e. The van der Waals surface area contributed by atoms with Crippen molar-refractivity contribution < 1.29 is 28.9 Å². The Morgan fingerprint density at radius 1 is 1.10 bits per heavy atom. The van der Waals surface area contributed by atoms with E-state index in [1.54, 1.807) is 38.4 Å². The first-order valence-electron chi connectivity index (χ1n) is 12.1. The third-order valence-corrected chi connectivity index (χ3v) is 5.89. The van der Waals surface area contributed by atoms with Gasteiger partial charge in [0.05, 0.1) is 30.8 Å². The molecule has 2 aliphatic rings. The van der Waals surface area contributed by atoms with Crippen LogP contribution in [0.1, 0.15) is 27.6 Å². The van der Waals surface area contributed by atoms with Gasteiger partial charge < -0.3 is 29.5 Å². The summed E-state index contributed by atoms with van der Waals surface area (Å²) in [5.41, 5.74) is 1.59. The van der Waals surface area contributed by atoms with E-state index in [9.17, 15) is 14.4 Å². The van der Waals surface area contributed by atoms with Gasteiger partial charge in [0.1, 0.15) is 13.2 Å². The molecule has 202 valence electrons. The summed E-state index contributed by atoms with van der Waals surface area (Å²) in [5, 5.41) is 16.3. The summed E-state index contributed by atoms with van der Waals surface area (Å²) in [4.78, 5) is 44.6. The van der Waals surface area contributed by atoms with Crippen LogP contribution in [-0.2, 0) is 11.8 Å². The number of carbonyl (C=O) groups is 2. The average molecular weight is 536 g/mol. The standard InChI is InChI=1S/C15H13N5O4.C10H12N2O3/c1-18-15(23)20-3-2-10(7-12(20)17-18)19-4-5-24-11-6-9(14(21)22)8-16-13(11)19;1-2-14-10(13)7-5-8-9(12-6-7)11-3-4-15-8/h2-3,6-8H,4-5H2,1H3,(H,21,22);5-6H,2-4H2,1H3,(H,11,12). The van der Waals surface area contributed by atoms with Gasteiger partial charge in [0.2, 0.25) is 0 Å². The SMILES string of the molecule is CCOC(=O)c1cnc2c(c1)OCCN2.Cn1nc2cc(N3CCOc4cc(C(=O)O)cnc43)ccn2c1=O. The second-order valence-corrected chi connectivity index (χ2v) is 8.44. The molecule has 0 fully saturated rings. The predicted molar refractivity (Wildman–Crippen MR) is 138 cm³/mol. The zero-order valence-corrected chi connectivity index (χ0v) is 21.2. The van der Waals surface area contributed by atoms with Gasteiger partial charge in [-0.15, -0.1) is 0 Å². The van der Waals surface area contributed by atoms with Gasteiger partial charge in [0, 0.05) is 49.5 Å². The Bertz CT molecular complexity index is 1610. The highest BCUT2D eigenvalue weighted by Crippen LogP contribution is 2.35. The van der Waals surface area contributed by atoms with Crippen LogP contribution in [0, 0.1) is 0 Å². The topological polar surface area (TPSA) is 162 Å². The number of aryl methyl sites for hydroxylation is 1. The molecule has 14 heteroatoms. The van der Waals surface area contributed by atoms with Gasteiger partial charge in [-0.25, -0.2) is 29.0 Å². The second-order valence-electron chi connectivity index (χ2n) is 8.44. The number of carboxylic acids is 1. The van der Waals surface area contributed by atoms with Crippen LogP contribution in [-0.4, -0.2) is 74.1 Å². The molecule has 0 saturated heterocycles. The van der Waals surface area contributed by atoms with Crippen molar-refractivity contribution in [2.24, 2.45) is 7.05 Å². The maximum atomic E-state index is 11.9. The Morgan fingerprint density at radius 2 is 1.87 bits per heavy atom. The molecular weight excluding hydrogens is 510 g/mol. The number of ether oxygens (including phenoxy) is 3. The molecule has 0 amide bonds. The van der Waals surface area contributed by atoms with Crippen LogP contribution < -0.4 is 25.4 Å². The van der Waals surface area contributed by atoms with Crippen molar-refractivity contribution in [3.63, 3.8) is 0 Å². The number of aromatic nitrogens is 5. The maximum Gasteiger partial charge on any atom is 0.350 e. The fraction of sp³-hybridized carbons (Fsp3) is 0.280. The van der Waals surface area contributed by atoms with Gasteiger partial charge in [0.15, 0.2) is 28.8 Å². The molecule has 0 bridgehead atoms. The van der Waals surface area contributed by atoms with Gasteiger partial charge in [-0.2, -0.15) is 5.10 Å². The molecule has 0 radical (unpaired) electrons. The van der Waals surface area contributed by atoms with E-state index in [1.807, 2.05) is 4.90 Å². The zero-order chi connectivity index (χ0) is 27.5. The molecule has 0 atom stereocenters. The Morgan fingerprint density at radius 3 is 2.67 bits per heavy atom. The van der Waals surface area contributed by atoms with E-state index in [0.717, 1.165) is 12.2 Å². The second kappa shape index (κ2) is 10.7. The molecule has 6 rings (SSSR count). The Kier molecular flexibility index (Phi) is 6.99. The lowest BCUT2D eigenvalue weighted by atomic mass is 10.2. The van der Waals surface area contributed by atoms with Gasteiger partial charge in [0.25, 0.3) is 0 Å². The number of esters is 1. The van der Waals surface area contributed by atoms with Crippen LogP contribution in [0.5, 0.6) is 11.5 Å². The lowest BCUT2D eigenvalue weighted by molar-refractivity contribution is 0.0524. The van der Waals surface area contributed by atoms with E-state index in [2.05, 4.69) is 20.4 Å². The van der Waals surface area contributed by atoms with Gasteiger partial charge in [-0.05, 0) is 13.0 Å². The number of nitrogens with zero attached hydrogens (tertiary/aromatic N) is 6. The number of anilines is 3. The molecule has 0 saturated carbocycles. The summed E-state index contributed by atoms with van der Waals surface area (Å²) < 4.78 is 18.5. The molecule has 0 spiro atoms. The average Bonchev–Trinajstić information content (AvgIpc) is 3.24. The van der Waals surface area contributed by atoms with Gasteiger partial charge in [-0.1, -0.05) is 0 Å². The third kappa shape index (κ3) is 5.16. The number of fused-ring (bicyclic) bond motifs is 3. The monoisotopic (exact) mass is 535 g/mol. The van der Waals surface area contributed by atoms with E-state index >= 15 is 0 Å². The molecule has 0 aliphatic carbocycles. The molecule has 6 heterocycles. The lowest BCUT2D eigenvalue weighted by Crippen LogP contribution is -2.29. The summed E-state index contributed by atoms with van der Waals surface area (Å²) in [7, 11) is 1.59. The van der Waals surface area contributed by atoms with Crippen molar-refractivity contribution in [1.29, 1.82) is 0 Å². The van der Waals surface area contributed by atoms with Crippen molar-refractivity contribution in [3.05, 3.63) is 64.5 Å². The van der Waals surface area contributed by atoms with E-state index in [-0.39, 0.29) is 17.2 Å². The summed E-state index contributed by atoms with van der Waals surface area (Å²) >= 11 is 0. The van der Waals surface area contributed by atoms with Crippen molar-refractivity contribution >= 4 is 34.9 Å². The summed E-state index contributed by atoms with van der Waals surface area (Å²) in [6, 6.07) is 6.67. The predicted octanol–water partition coefficient (Wildman–Crippen LogP) is 1.72.